The van der Waals surface area contributed by atoms with Crippen molar-refractivity contribution < 1.29 is 8.42 Å². The number of hydrogen-bond acceptors (Lipinski definition) is 4. The SMILES string of the molecule is O=S(=O)(NCCCN1CCCC1)c1ccnc(Cl)c1. The summed E-state index contributed by atoms with van der Waals surface area (Å²) in [6.07, 6.45) is 4.71. The fraction of sp³-hybridized carbons (Fsp3) is 0.583. The molecule has 1 aliphatic rings. The highest BCUT2D eigenvalue weighted by Crippen LogP contribution is 2.12. The molecule has 1 aromatic rings. The lowest BCUT2D eigenvalue weighted by atomic mass is 10.4. The smallest absolute Gasteiger partial charge is 0.240 e. The fourth-order valence-electron chi connectivity index (χ4n) is 2.15. The van der Waals surface area contributed by atoms with E-state index in [9.17, 15) is 8.42 Å². The van der Waals surface area contributed by atoms with Crippen molar-refractivity contribution in [2.75, 3.05) is 26.2 Å². The summed E-state index contributed by atoms with van der Waals surface area (Å²) in [5.41, 5.74) is 0. The van der Waals surface area contributed by atoms with Gasteiger partial charge in [0.1, 0.15) is 5.15 Å². The molecule has 0 unspecified atom stereocenters. The van der Waals surface area contributed by atoms with Gasteiger partial charge < -0.3 is 4.90 Å². The summed E-state index contributed by atoms with van der Waals surface area (Å²) in [5, 5.41) is 0.181. The summed E-state index contributed by atoms with van der Waals surface area (Å²) in [6, 6.07) is 2.79. The quantitative estimate of drug-likeness (QED) is 0.639. The van der Waals surface area contributed by atoms with Gasteiger partial charge in [0.2, 0.25) is 10.0 Å². The predicted molar refractivity (Wildman–Crippen MR) is 74.7 cm³/mol. The molecule has 1 fully saturated rings. The van der Waals surface area contributed by atoms with E-state index in [2.05, 4.69) is 14.6 Å². The number of likely N-dealkylation sites (tertiary alicyclic amines) is 1. The zero-order valence-corrected chi connectivity index (χ0v) is 12.3. The Morgan fingerprint density at radius 1 is 1.37 bits per heavy atom. The maximum absolute atomic E-state index is 12.0. The third kappa shape index (κ3) is 4.42. The van der Waals surface area contributed by atoms with Crippen molar-refractivity contribution in [1.82, 2.24) is 14.6 Å². The maximum Gasteiger partial charge on any atom is 0.240 e. The van der Waals surface area contributed by atoms with Gasteiger partial charge in [0.05, 0.1) is 4.90 Å². The largest absolute Gasteiger partial charge is 0.303 e. The van der Waals surface area contributed by atoms with Crippen LogP contribution in [0.25, 0.3) is 0 Å². The number of pyridine rings is 1. The highest BCUT2D eigenvalue weighted by Gasteiger charge is 2.15. The molecule has 2 heterocycles. The zero-order valence-electron chi connectivity index (χ0n) is 10.7. The highest BCUT2D eigenvalue weighted by molar-refractivity contribution is 7.89. The van der Waals surface area contributed by atoms with Crippen molar-refractivity contribution in [3.63, 3.8) is 0 Å². The second kappa shape index (κ2) is 6.65. The zero-order chi connectivity index (χ0) is 13.7. The van der Waals surface area contributed by atoms with Gasteiger partial charge in [-0.25, -0.2) is 18.1 Å². The molecule has 0 bridgehead atoms. The van der Waals surface area contributed by atoms with E-state index < -0.39 is 10.0 Å². The average molecular weight is 304 g/mol. The Hall–Kier alpha value is -0.690. The number of nitrogens with one attached hydrogen (secondary N) is 1. The molecule has 19 heavy (non-hydrogen) atoms. The first-order chi connectivity index (χ1) is 9.08. The molecule has 106 valence electrons. The lowest BCUT2D eigenvalue weighted by molar-refractivity contribution is 0.334. The van der Waals surface area contributed by atoms with Crippen LogP contribution in [0.2, 0.25) is 5.15 Å². The normalized spacial score (nSPS) is 16.9. The van der Waals surface area contributed by atoms with Crippen LogP contribution in [0.3, 0.4) is 0 Å². The summed E-state index contributed by atoms with van der Waals surface area (Å²) in [5.74, 6) is 0. The van der Waals surface area contributed by atoms with Crippen molar-refractivity contribution in [2.24, 2.45) is 0 Å². The standard InChI is InChI=1S/C12H18ClN3O2S/c13-12-10-11(4-6-14-12)19(17,18)15-5-3-9-16-7-1-2-8-16/h4,6,10,15H,1-3,5,7-9H2. The van der Waals surface area contributed by atoms with Gasteiger partial charge in [-0.15, -0.1) is 0 Å². The molecule has 0 atom stereocenters. The van der Waals surface area contributed by atoms with E-state index in [-0.39, 0.29) is 10.0 Å². The molecule has 0 amide bonds. The number of sulfonamides is 1. The monoisotopic (exact) mass is 303 g/mol. The topological polar surface area (TPSA) is 62.3 Å². The average Bonchev–Trinajstić information content (AvgIpc) is 2.88. The van der Waals surface area contributed by atoms with Crippen LogP contribution in [0.5, 0.6) is 0 Å². The van der Waals surface area contributed by atoms with Gasteiger partial charge in [0.25, 0.3) is 0 Å². The third-order valence-corrected chi connectivity index (χ3v) is 4.82. The van der Waals surface area contributed by atoms with E-state index in [0.717, 1.165) is 26.1 Å². The van der Waals surface area contributed by atoms with Crippen LogP contribution in [0.1, 0.15) is 19.3 Å². The lowest BCUT2D eigenvalue weighted by Gasteiger charge is -2.14. The molecule has 1 N–H and O–H groups in total. The molecule has 0 aliphatic carbocycles. The van der Waals surface area contributed by atoms with Crippen LogP contribution < -0.4 is 4.72 Å². The molecule has 0 radical (unpaired) electrons. The van der Waals surface area contributed by atoms with Crippen LogP contribution >= 0.6 is 11.6 Å². The minimum Gasteiger partial charge on any atom is -0.303 e. The Bertz CT molecular complexity index is 515. The number of hydrogen-bond donors (Lipinski definition) is 1. The van der Waals surface area contributed by atoms with Crippen molar-refractivity contribution >= 4 is 21.6 Å². The Labute approximate surface area is 119 Å². The first-order valence-electron chi connectivity index (χ1n) is 6.41. The minimum absolute atomic E-state index is 0.161. The summed E-state index contributed by atoms with van der Waals surface area (Å²) < 4.78 is 26.5. The van der Waals surface area contributed by atoms with Gasteiger partial charge in [0.15, 0.2) is 0 Å². The number of halogens is 1. The molecule has 2 rings (SSSR count). The van der Waals surface area contributed by atoms with Crippen LogP contribution in [0.4, 0.5) is 0 Å². The van der Waals surface area contributed by atoms with E-state index in [1.807, 2.05) is 0 Å². The molecule has 0 saturated carbocycles. The molecule has 0 spiro atoms. The lowest BCUT2D eigenvalue weighted by Crippen LogP contribution is -2.28. The van der Waals surface area contributed by atoms with Crippen molar-refractivity contribution in [3.05, 3.63) is 23.5 Å². The summed E-state index contributed by atoms with van der Waals surface area (Å²) in [6.45, 7) is 3.65. The minimum atomic E-state index is -3.47. The second-order valence-electron chi connectivity index (χ2n) is 4.61. The Kier molecular flexibility index (Phi) is 5.15. The third-order valence-electron chi connectivity index (χ3n) is 3.15. The van der Waals surface area contributed by atoms with Crippen LogP contribution in [-0.2, 0) is 10.0 Å². The summed E-state index contributed by atoms with van der Waals surface area (Å²) in [4.78, 5) is 6.29. The van der Waals surface area contributed by atoms with E-state index in [4.69, 9.17) is 11.6 Å². The van der Waals surface area contributed by atoms with Crippen LogP contribution in [0, 0.1) is 0 Å². The summed E-state index contributed by atoms with van der Waals surface area (Å²) >= 11 is 5.69. The van der Waals surface area contributed by atoms with E-state index in [0.29, 0.717) is 6.54 Å². The molecular formula is C12H18ClN3O2S. The van der Waals surface area contributed by atoms with Gasteiger partial charge in [-0.2, -0.15) is 0 Å². The van der Waals surface area contributed by atoms with E-state index in [1.165, 1.54) is 31.2 Å². The molecule has 0 aromatic carbocycles. The Morgan fingerprint density at radius 2 is 2.11 bits per heavy atom. The first-order valence-corrected chi connectivity index (χ1v) is 8.28. The van der Waals surface area contributed by atoms with Crippen LogP contribution in [0.15, 0.2) is 23.2 Å². The molecule has 1 aliphatic heterocycles. The highest BCUT2D eigenvalue weighted by atomic mass is 35.5. The predicted octanol–water partition coefficient (Wildman–Crippen LogP) is 1.50. The van der Waals surface area contributed by atoms with E-state index in [1.54, 1.807) is 0 Å². The molecular weight excluding hydrogens is 286 g/mol. The van der Waals surface area contributed by atoms with Gasteiger partial charge >= 0.3 is 0 Å². The van der Waals surface area contributed by atoms with Gasteiger partial charge in [-0.3, -0.25) is 0 Å². The van der Waals surface area contributed by atoms with Gasteiger partial charge in [-0.1, -0.05) is 11.6 Å². The van der Waals surface area contributed by atoms with E-state index >= 15 is 0 Å². The Morgan fingerprint density at radius 3 is 2.79 bits per heavy atom. The van der Waals surface area contributed by atoms with Crippen molar-refractivity contribution in [3.8, 4) is 0 Å². The fourth-order valence-corrected chi connectivity index (χ4v) is 3.48. The first kappa shape index (κ1) is 14.7. The molecule has 5 nitrogen and oxygen atoms in total. The molecule has 1 saturated heterocycles. The molecule has 1 aromatic heterocycles. The van der Waals surface area contributed by atoms with Crippen LogP contribution in [-0.4, -0.2) is 44.5 Å². The van der Waals surface area contributed by atoms with Crippen molar-refractivity contribution in [2.45, 2.75) is 24.2 Å². The number of rotatable bonds is 6. The number of nitrogens with zero attached hydrogens (tertiary/aromatic N) is 2. The molecule has 7 heteroatoms. The second-order valence-corrected chi connectivity index (χ2v) is 6.77. The van der Waals surface area contributed by atoms with Gasteiger partial charge in [0, 0.05) is 12.7 Å². The summed E-state index contributed by atoms with van der Waals surface area (Å²) in [7, 11) is -3.47. The Balaban J connectivity index is 1.80. The number of aromatic nitrogens is 1. The maximum atomic E-state index is 12.0. The van der Waals surface area contributed by atoms with Crippen molar-refractivity contribution in [1.29, 1.82) is 0 Å². The van der Waals surface area contributed by atoms with Gasteiger partial charge in [-0.05, 0) is 51.0 Å².